The molecule has 3 heteroatoms. The first-order chi connectivity index (χ1) is 8.76. The van der Waals surface area contributed by atoms with Gasteiger partial charge in [0.15, 0.2) is 0 Å². The largest absolute Gasteiger partial charge is 0.396 e. The van der Waals surface area contributed by atoms with Crippen LogP contribution in [0.2, 0.25) is 0 Å². The van der Waals surface area contributed by atoms with Gasteiger partial charge in [-0.05, 0) is 42.9 Å². The van der Waals surface area contributed by atoms with Gasteiger partial charge in [-0.25, -0.2) is 0 Å². The highest BCUT2D eigenvalue weighted by Crippen LogP contribution is 2.16. The van der Waals surface area contributed by atoms with E-state index in [1.165, 1.54) is 12.0 Å². The lowest BCUT2D eigenvalue weighted by Crippen LogP contribution is -2.13. The van der Waals surface area contributed by atoms with Crippen molar-refractivity contribution in [2.24, 2.45) is 5.92 Å². The first-order valence-electron chi connectivity index (χ1n) is 6.69. The van der Waals surface area contributed by atoms with Crippen molar-refractivity contribution in [3.05, 3.63) is 34.3 Å². The molecule has 0 amide bonds. The summed E-state index contributed by atoms with van der Waals surface area (Å²) in [7, 11) is 0. The molecule has 1 aromatic carbocycles. The maximum atomic E-state index is 9.39. The molecule has 0 aliphatic heterocycles. The van der Waals surface area contributed by atoms with E-state index >= 15 is 0 Å². The Hall–Kier alpha value is -0.380. The molecule has 1 rings (SSSR count). The fraction of sp³-hybridized carbons (Fsp3) is 0.600. The summed E-state index contributed by atoms with van der Waals surface area (Å²) in [5.74, 6) is 0.293. The summed E-state index contributed by atoms with van der Waals surface area (Å²) < 4.78 is 6.64. The van der Waals surface area contributed by atoms with Crippen molar-refractivity contribution >= 4 is 15.9 Å². The molecular formula is C15H23BrO2. The van der Waals surface area contributed by atoms with Gasteiger partial charge >= 0.3 is 0 Å². The first kappa shape index (κ1) is 15.7. The molecule has 0 bridgehead atoms. The minimum absolute atomic E-state index is 0.226. The summed E-state index contributed by atoms with van der Waals surface area (Å²) in [6.07, 6.45) is 4.12. The van der Waals surface area contributed by atoms with Crippen molar-refractivity contribution in [3.63, 3.8) is 0 Å². The van der Waals surface area contributed by atoms with Gasteiger partial charge < -0.3 is 9.84 Å². The highest BCUT2D eigenvalue weighted by Gasteiger charge is 2.08. The highest BCUT2D eigenvalue weighted by atomic mass is 79.9. The Morgan fingerprint density at radius 1 is 1.33 bits per heavy atom. The monoisotopic (exact) mass is 314 g/mol. The second-order valence-corrected chi connectivity index (χ2v) is 5.55. The quantitative estimate of drug-likeness (QED) is 0.702. The molecule has 102 valence electrons. The van der Waals surface area contributed by atoms with Crippen LogP contribution in [0.5, 0.6) is 0 Å². The lowest BCUT2D eigenvalue weighted by atomic mass is 9.97. The molecule has 0 heterocycles. The molecule has 0 saturated heterocycles. The minimum atomic E-state index is 0.226. The van der Waals surface area contributed by atoms with Crippen molar-refractivity contribution < 1.29 is 9.84 Å². The molecule has 1 N–H and O–H groups in total. The third-order valence-electron chi connectivity index (χ3n) is 2.98. The number of hydrogen-bond donors (Lipinski definition) is 1. The van der Waals surface area contributed by atoms with E-state index in [2.05, 4.69) is 35.0 Å². The SMILES string of the molecule is CCCCOCCC(CO)Cc1cccc(Br)c1. The van der Waals surface area contributed by atoms with Crippen molar-refractivity contribution in [3.8, 4) is 0 Å². The van der Waals surface area contributed by atoms with Crippen LogP contribution >= 0.6 is 15.9 Å². The Morgan fingerprint density at radius 2 is 2.17 bits per heavy atom. The first-order valence-corrected chi connectivity index (χ1v) is 7.48. The van der Waals surface area contributed by atoms with Crippen LogP contribution in [0.1, 0.15) is 31.7 Å². The van der Waals surface area contributed by atoms with Crippen LogP contribution in [0.25, 0.3) is 0 Å². The van der Waals surface area contributed by atoms with E-state index in [4.69, 9.17) is 4.74 Å². The zero-order valence-electron chi connectivity index (χ0n) is 11.1. The number of hydrogen-bond acceptors (Lipinski definition) is 2. The van der Waals surface area contributed by atoms with E-state index in [1.807, 2.05) is 12.1 Å². The van der Waals surface area contributed by atoms with E-state index < -0.39 is 0 Å². The van der Waals surface area contributed by atoms with Crippen molar-refractivity contribution in [2.45, 2.75) is 32.6 Å². The van der Waals surface area contributed by atoms with Gasteiger partial charge in [-0.1, -0.05) is 41.4 Å². The smallest absolute Gasteiger partial charge is 0.0469 e. The van der Waals surface area contributed by atoms with Crippen molar-refractivity contribution in [2.75, 3.05) is 19.8 Å². The average Bonchev–Trinajstić information content (AvgIpc) is 2.37. The molecule has 2 nitrogen and oxygen atoms in total. The van der Waals surface area contributed by atoms with E-state index in [9.17, 15) is 5.11 Å². The topological polar surface area (TPSA) is 29.5 Å². The fourth-order valence-electron chi connectivity index (χ4n) is 1.85. The molecule has 1 aromatic rings. The number of benzene rings is 1. The van der Waals surface area contributed by atoms with Gasteiger partial charge in [-0.3, -0.25) is 0 Å². The molecule has 0 aliphatic carbocycles. The molecule has 0 fully saturated rings. The number of ether oxygens (including phenoxy) is 1. The Labute approximate surface area is 118 Å². The Bertz CT molecular complexity index is 328. The van der Waals surface area contributed by atoms with E-state index in [0.29, 0.717) is 5.92 Å². The van der Waals surface area contributed by atoms with Gasteiger partial charge in [0.05, 0.1) is 0 Å². The van der Waals surface area contributed by atoms with Gasteiger partial charge in [0, 0.05) is 24.3 Å². The maximum Gasteiger partial charge on any atom is 0.0469 e. The highest BCUT2D eigenvalue weighted by molar-refractivity contribution is 9.10. The Morgan fingerprint density at radius 3 is 2.83 bits per heavy atom. The van der Waals surface area contributed by atoms with Gasteiger partial charge in [0.2, 0.25) is 0 Å². The van der Waals surface area contributed by atoms with Crippen LogP contribution in [0.3, 0.4) is 0 Å². The van der Waals surface area contributed by atoms with Crippen molar-refractivity contribution in [1.82, 2.24) is 0 Å². The van der Waals surface area contributed by atoms with Crippen LogP contribution in [0.4, 0.5) is 0 Å². The predicted molar refractivity (Wildman–Crippen MR) is 78.8 cm³/mol. The molecule has 0 radical (unpaired) electrons. The van der Waals surface area contributed by atoms with Crippen LogP contribution in [0, 0.1) is 5.92 Å². The second-order valence-electron chi connectivity index (χ2n) is 4.64. The van der Waals surface area contributed by atoms with Gasteiger partial charge in [0.25, 0.3) is 0 Å². The standard InChI is InChI=1S/C15H23BrO2/c1-2-3-8-18-9-7-14(12-17)10-13-5-4-6-15(16)11-13/h4-6,11,14,17H,2-3,7-10,12H2,1H3. The summed E-state index contributed by atoms with van der Waals surface area (Å²) in [5, 5.41) is 9.39. The molecule has 0 aliphatic rings. The zero-order chi connectivity index (χ0) is 13.2. The van der Waals surface area contributed by atoms with Crippen LogP contribution in [0.15, 0.2) is 28.7 Å². The number of unbranched alkanes of at least 4 members (excludes halogenated alkanes) is 1. The summed E-state index contributed by atoms with van der Waals surface area (Å²) in [6, 6.07) is 8.27. The molecule has 1 atom stereocenters. The third-order valence-corrected chi connectivity index (χ3v) is 3.48. The zero-order valence-corrected chi connectivity index (χ0v) is 12.7. The Kier molecular flexibility index (Phi) is 8.31. The summed E-state index contributed by atoms with van der Waals surface area (Å²) in [6.45, 7) is 3.97. The normalized spacial score (nSPS) is 12.6. The van der Waals surface area contributed by atoms with Crippen LogP contribution in [-0.4, -0.2) is 24.9 Å². The van der Waals surface area contributed by atoms with Gasteiger partial charge in [0.1, 0.15) is 0 Å². The number of aliphatic hydroxyl groups is 1. The van der Waals surface area contributed by atoms with Crippen LogP contribution < -0.4 is 0 Å². The molecule has 0 aromatic heterocycles. The molecule has 18 heavy (non-hydrogen) atoms. The lowest BCUT2D eigenvalue weighted by molar-refractivity contribution is 0.104. The van der Waals surface area contributed by atoms with E-state index in [1.54, 1.807) is 0 Å². The van der Waals surface area contributed by atoms with Gasteiger partial charge in [-0.2, -0.15) is 0 Å². The summed E-state index contributed by atoms with van der Waals surface area (Å²) in [4.78, 5) is 0. The molecule has 0 spiro atoms. The van der Waals surface area contributed by atoms with Gasteiger partial charge in [-0.15, -0.1) is 0 Å². The molecule has 1 unspecified atom stereocenters. The summed E-state index contributed by atoms with van der Waals surface area (Å²) in [5.41, 5.74) is 1.26. The van der Waals surface area contributed by atoms with Crippen molar-refractivity contribution in [1.29, 1.82) is 0 Å². The molecule has 0 saturated carbocycles. The van der Waals surface area contributed by atoms with E-state index in [0.717, 1.165) is 36.9 Å². The van der Waals surface area contributed by atoms with Crippen LogP contribution in [-0.2, 0) is 11.2 Å². The maximum absolute atomic E-state index is 9.39. The average molecular weight is 315 g/mol. The van der Waals surface area contributed by atoms with E-state index in [-0.39, 0.29) is 6.61 Å². The predicted octanol–water partition coefficient (Wildman–Crippen LogP) is 3.81. The molecular weight excluding hydrogens is 292 g/mol. The number of halogens is 1. The second kappa shape index (κ2) is 9.54. The minimum Gasteiger partial charge on any atom is -0.396 e. The number of rotatable bonds is 9. The summed E-state index contributed by atoms with van der Waals surface area (Å²) >= 11 is 3.47. The third kappa shape index (κ3) is 6.53. The Balaban J connectivity index is 2.28. The number of aliphatic hydroxyl groups excluding tert-OH is 1. The lowest BCUT2D eigenvalue weighted by Gasteiger charge is -2.14. The fourth-order valence-corrected chi connectivity index (χ4v) is 2.30.